The molecular weight excluding hydrogens is 252 g/mol. The van der Waals surface area contributed by atoms with Crippen LogP contribution in [-0.4, -0.2) is 23.3 Å². The lowest BCUT2D eigenvalue weighted by Crippen LogP contribution is -2.19. The van der Waals surface area contributed by atoms with E-state index in [1.54, 1.807) is 0 Å². The van der Waals surface area contributed by atoms with E-state index < -0.39 is 0 Å². The van der Waals surface area contributed by atoms with Crippen molar-refractivity contribution in [1.29, 1.82) is 0 Å². The first-order valence-electron chi connectivity index (χ1n) is 6.81. The molecule has 0 aromatic carbocycles. The van der Waals surface area contributed by atoms with Crippen molar-refractivity contribution in [3.63, 3.8) is 0 Å². The third-order valence-electron chi connectivity index (χ3n) is 3.06. The summed E-state index contributed by atoms with van der Waals surface area (Å²) in [5.41, 5.74) is 1.62. The summed E-state index contributed by atoms with van der Waals surface area (Å²) in [7, 11) is 0. The lowest BCUT2D eigenvalue weighted by atomic mass is 10.2. The first-order chi connectivity index (χ1) is 9.77. The molecule has 20 heavy (non-hydrogen) atoms. The van der Waals surface area contributed by atoms with Gasteiger partial charge >= 0.3 is 0 Å². The minimum atomic E-state index is 0.217. The van der Waals surface area contributed by atoms with Gasteiger partial charge in [-0.25, -0.2) is 0 Å². The van der Waals surface area contributed by atoms with Gasteiger partial charge in [0, 0.05) is 24.2 Å². The number of aliphatic hydroxyl groups is 2. The van der Waals surface area contributed by atoms with Crippen molar-refractivity contribution in [2.24, 2.45) is 0 Å². The van der Waals surface area contributed by atoms with E-state index >= 15 is 0 Å². The normalized spacial score (nSPS) is 15.2. The summed E-state index contributed by atoms with van der Waals surface area (Å²) < 4.78 is 0. The molecule has 0 radical (unpaired) electrons. The van der Waals surface area contributed by atoms with Gasteiger partial charge in [-0.2, -0.15) is 0 Å². The fourth-order valence-electron chi connectivity index (χ4n) is 1.93. The molecule has 2 aliphatic rings. The van der Waals surface area contributed by atoms with E-state index in [2.05, 4.69) is 10.6 Å². The molecule has 0 saturated heterocycles. The highest BCUT2D eigenvalue weighted by molar-refractivity contribution is 5.41. The summed E-state index contributed by atoms with van der Waals surface area (Å²) in [4.78, 5) is 0. The molecule has 0 fully saturated rings. The highest BCUT2D eigenvalue weighted by Gasteiger charge is 2.02. The Morgan fingerprint density at radius 1 is 0.700 bits per heavy atom. The van der Waals surface area contributed by atoms with E-state index in [1.807, 2.05) is 48.6 Å². The molecule has 2 rings (SSSR count). The van der Waals surface area contributed by atoms with E-state index in [4.69, 9.17) is 0 Å². The van der Waals surface area contributed by atoms with Crippen LogP contribution >= 0.6 is 0 Å². The van der Waals surface area contributed by atoms with Gasteiger partial charge in [0.05, 0.1) is 0 Å². The molecule has 2 aliphatic carbocycles. The number of unbranched alkanes of at least 4 members (excludes halogenated alkanes) is 1. The summed E-state index contributed by atoms with van der Waals surface area (Å²) in [5.74, 6) is 0.434. The van der Waals surface area contributed by atoms with Crippen LogP contribution in [0.2, 0.25) is 0 Å². The average molecular weight is 272 g/mol. The van der Waals surface area contributed by atoms with E-state index in [0.29, 0.717) is 13.1 Å². The van der Waals surface area contributed by atoms with Crippen LogP contribution in [0, 0.1) is 0 Å². The molecule has 4 nitrogen and oxygen atoms in total. The molecule has 0 aromatic rings. The molecule has 106 valence electrons. The van der Waals surface area contributed by atoms with Crippen LogP contribution in [0.15, 0.2) is 71.5 Å². The zero-order valence-corrected chi connectivity index (χ0v) is 11.3. The smallest absolute Gasteiger partial charge is 0.191 e. The Hall–Kier alpha value is -2.36. The first-order valence-corrected chi connectivity index (χ1v) is 6.81. The van der Waals surface area contributed by atoms with Crippen LogP contribution in [0.1, 0.15) is 12.8 Å². The van der Waals surface area contributed by atoms with E-state index in [0.717, 1.165) is 24.0 Å². The lowest BCUT2D eigenvalue weighted by molar-refractivity contribution is 0.350. The minimum absolute atomic E-state index is 0.217. The SMILES string of the molecule is OC(NCCCCNC(O)=C1C=CC=C1)=C1C=CC=C1. The van der Waals surface area contributed by atoms with Crippen molar-refractivity contribution in [3.05, 3.63) is 71.5 Å². The summed E-state index contributed by atoms with van der Waals surface area (Å²) in [6.45, 7) is 1.41. The predicted octanol–water partition coefficient (Wildman–Crippen LogP) is 2.74. The molecule has 0 bridgehead atoms. The van der Waals surface area contributed by atoms with Crippen molar-refractivity contribution in [2.75, 3.05) is 13.1 Å². The molecule has 0 saturated carbocycles. The summed E-state index contributed by atoms with van der Waals surface area (Å²) in [6, 6.07) is 0. The average Bonchev–Trinajstić information content (AvgIpc) is 3.14. The minimum Gasteiger partial charge on any atom is -0.494 e. The molecule has 0 atom stereocenters. The maximum absolute atomic E-state index is 9.72. The largest absolute Gasteiger partial charge is 0.494 e. The predicted molar refractivity (Wildman–Crippen MR) is 81.1 cm³/mol. The van der Waals surface area contributed by atoms with Gasteiger partial charge in [-0.1, -0.05) is 24.3 Å². The quantitative estimate of drug-likeness (QED) is 0.425. The van der Waals surface area contributed by atoms with E-state index in [9.17, 15) is 10.2 Å². The monoisotopic (exact) mass is 272 g/mol. The Kier molecular flexibility index (Phi) is 5.12. The number of hydrogen-bond acceptors (Lipinski definition) is 4. The van der Waals surface area contributed by atoms with Crippen LogP contribution in [0.25, 0.3) is 0 Å². The number of hydrogen-bond donors (Lipinski definition) is 4. The fourth-order valence-corrected chi connectivity index (χ4v) is 1.93. The number of rotatable bonds is 7. The maximum atomic E-state index is 9.72. The van der Waals surface area contributed by atoms with Crippen LogP contribution in [0.5, 0.6) is 0 Å². The fraction of sp³-hybridized carbons (Fsp3) is 0.250. The standard InChI is InChI=1S/C16H20N2O2/c19-15(13-7-1-2-8-13)17-11-5-6-12-18-16(20)14-9-3-4-10-14/h1-4,7-10,17-20H,5-6,11-12H2. The van der Waals surface area contributed by atoms with Crippen LogP contribution in [-0.2, 0) is 0 Å². The molecular formula is C16H20N2O2. The van der Waals surface area contributed by atoms with Gasteiger partial charge in [0.1, 0.15) is 0 Å². The summed E-state index contributed by atoms with van der Waals surface area (Å²) >= 11 is 0. The van der Waals surface area contributed by atoms with Gasteiger partial charge in [-0.15, -0.1) is 0 Å². The van der Waals surface area contributed by atoms with E-state index in [1.165, 1.54) is 0 Å². The Balaban J connectivity index is 1.58. The zero-order chi connectivity index (χ0) is 14.2. The Morgan fingerprint density at radius 2 is 1.05 bits per heavy atom. The molecule has 0 unspecified atom stereocenters. The van der Waals surface area contributed by atoms with Crippen molar-refractivity contribution in [1.82, 2.24) is 10.6 Å². The van der Waals surface area contributed by atoms with Gasteiger partial charge < -0.3 is 20.8 Å². The zero-order valence-electron chi connectivity index (χ0n) is 11.3. The molecule has 0 aliphatic heterocycles. The van der Waals surface area contributed by atoms with Gasteiger partial charge in [-0.05, 0) is 37.1 Å². The van der Waals surface area contributed by atoms with Crippen molar-refractivity contribution in [3.8, 4) is 0 Å². The van der Waals surface area contributed by atoms with E-state index in [-0.39, 0.29) is 11.8 Å². The van der Waals surface area contributed by atoms with Crippen LogP contribution in [0.3, 0.4) is 0 Å². The van der Waals surface area contributed by atoms with Gasteiger partial charge in [0.2, 0.25) is 0 Å². The van der Waals surface area contributed by atoms with Crippen molar-refractivity contribution >= 4 is 0 Å². The maximum Gasteiger partial charge on any atom is 0.191 e. The second kappa shape index (κ2) is 7.28. The van der Waals surface area contributed by atoms with Gasteiger partial charge in [0.15, 0.2) is 11.8 Å². The third-order valence-corrected chi connectivity index (χ3v) is 3.06. The highest BCUT2D eigenvalue weighted by Crippen LogP contribution is 2.10. The number of nitrogens with one attached hydrogen (secondary N) is 2. The van der Waals surface area contributed by atoms with Crippen LogP contribution in [0.4, 0.5) is 0 Å². The number of aliphatic hydroxyl groups excluding tert-OH is 2. The topological polar surface area (TPSA) is 64.5 Å². The lowest BCUT2D eigenvalue weighted by Gasteiger charge is -2.08. The molecule has 4 heteroatoms. The first kappa shape index (κ1) is 14.1. The second-order valence-electron chi connectivity index (χ2n) is 4.61. The molecule has 0 heterocycles. The van der Waals surface area contributed by atoms with Crippen molar-refractivity contribution in [2.45, 2.75) is 12.8 Å². The van der Waals surface area contributed by atoms with Crippen LogP contribution < -0.4 is 10.6 Å². The Morgan fingerprint density at radius 3 is 1.40 bits per heavy atom. The van der Waals surface area contributed by atoms with Gasteiger partial charge in [-0.3, -0.25) is 0 Å². The third kappa shape index (κ3) is 4.09. The molecule has 0 amide bonds. The summed E-state index contributed by atoms with van der Waals surface area (Å²) in [6.07, 6.45) is 16.8. The number of allylic oxidation sites excluding steroid dienone is 10. The van der Waals surface area contributed by atoms with Gasteiger partial charge in [0.25, 0.3) is 0 Å². The molecule has 4 N–H and O–H groups in total. The van der Waals surface area contributed by atoms with Crippen molar-refractivity contribution < 1.29 is 10.2 Å². The molecule has 0 aromatic heterocycles. The molecule has 0 spiro atoms. The second-order valence-corrected chi connectivity index (χ2v) is 4.61. The Labute approximate surface area is 119 Å². The highest BCUT2D eigenvalue weighted by atomic mass is 16.3. The Bertz CT molecular complexity index is 447. The summed E-state index contributed by atoms with van der Waals surface area (Å²) in [5, 5.41) is 25.4.